The van der Waals surface area contributed by atoms with Crippen molar-refractivity contribution in [2.75, 3.05) is 14.2 Å². The molecule has 0 spiro atoms. The van der Waals surface area contributed by atoms with E-state index in [1.165, 1.54) is 0 Å². The van der Waals surface area contributed by atoms with Crippen LogP contribution in [-0.4, -0.2) is 38.6 Å². The standard InChI is InChI=1S/C31H25N3O5S/c1-37-21-9-12-24(28(16-21)38-2)29-23-11-10-22(39-18-19-6-4-3-5-7-19)15-27(23)34(30(29)31(35)36)17-20-8-13-25-26(14-20)33-40-32-25/h3-16H,17-18H2,1-2H3,(H,35,36). The fourth-order valence-electron chi connectivity index (χ4n) is 4.93. The van der Waals surface area contributed by atoms with Gasteiger partial charge in [-0.2, -0.15) is 8.75 Å². The van der Waals surface area contributed by atoms with Gasteiger partial charge >= 0.3 is 5.97 Å². The molecule has 8 nitrogen and oxygen atoms in total. The average molecular weight is 552 g/mol. The largest absolute Gasteiger partial charge is 0.497 e. The van der Waals surface area contributed by atoms with Crippen LogP contribution in [0.3, 0.4) is 0 Å². The second-order valence-electron chi connectivity index (χ2n) is 9.22. The van der Waals surface area contributed by atoms with Crippen LogP contribution in [0, 0.1) is 0 Å². The topological polar surface area (TPSA) is 95.7 Å². The number of methoxy groups -OCH3 is 2. The van der Waals surface area contributed by atoms with Gasteiger partial charge in [-0.05, 0) is 47.5 Å². The summed E-state index contributed by atoms with van der Waals surface area (Å²) in [4.78, 5) is 12.9. The predicted octanol–water partition coefficient (Wildman–Crippen LogP) is 6.66. The number of hydrogen-bond acceptors (Lipinski definition) is 7. The van der Waals surface area contributed by atoms with Crippen molar-refractivity contribution in [2.45, 2.75) is 13.2 Å². The van der Waals surface area contributed by atoms with Gasteiger partial charge in [0.2, 0.25) is 0 Å². The molecule has 0 bridgehead atoms. The summed E-state index contributed by atoms with van der Waals surface area (Å²) >= 11 is 1.15. The summed E-state index contributed by atoms with van der Waals surface area (Å²) in [5, 5.41) is 11.3. The highest BCUT2D eigenvalue weighted by Gasteiger charge is 2.26. The van der Waals surface area contributed by atoms with E-state index in [2.05, 4.69) is 8.75 Å². The second-order valence-corrected chi connectivity index (χ2v) is 9.75. The number of hydrogen-bond donors (Lipinski definition) is 1. The fourth-order valence-corrected chi connectivity index (χ4v) is 5.45. The van der Waals surface area contributed by atoms with Crippen LogP contribution in [0.1, 0.15) is 21.6 Å². The summed E-state index contributed by atoms with van der Waals surface area (Å²) < 4.78 is 27.6. The number of carboxylic acids is 1. The maximum Gasteiger partial charge on any atom is 0.353 e. The van der Waals surface area contributed by atoms with E-state index in [-0.39, 0.29) is 5.69 Å². The lowest BCUT2D eigenvalue weighted by atomic mass is 10.0. The highest BCUT2D eigenvalue weighted by atomic mass is 32.1. The van der Waals surface area contributed by atoms with E-state index in [4.69, 9.17) is 14.2 Å². The highest BCUT2D eigenvalue weighted by molar-refractivity contribution is 7.00. The molecule has 0 aliphatic carbocycles. The summed E-state index contributed by atoms with van der Waals surface area (Å²) in [5.74, 6) is 0.718. The molecule has 0 amide bonds. The first-order valence-corrected chi connectivity index (χ1v) is 13.3. The monoisotopic (exact) mass is 551 g/mol. The van der Waals surface area contributed by atoms with Gasteiger partial charge in [0.05, 0.1) is 31.5 Å². The molecule has 0 unspecified atom stereocenters. The zero-order chi connectivity index (χ0) is 27.6. The SMILES string of the molecule is COc1ccc(-c2c(C(=O)O)n(Cc3ccc4nsnc4c3)c3cc(OCc4ccccc4)ccc23)c(OC)c1. The van der Waals surface area contributed by atoms with Crippen LogP contribution in [0.15, 0.2) is 84.9 Å². The van der Waals surface area contributed by atoms with Crippen LogP contribution in [0.5, 0.6) is 17.2 Å². The Morgan fingerprint density at radius 2 is 1.65 bits per heavy atom. The van der Waals surface area contributed by atoms with Gasteiger partial charge in [0.25, 0.3) is 0 Å². The summed E-state index contributed by atoms with van der Waals surface area (Å²) in [5.41, 5.74) is 5.63. The first kappa shape index (κ1) is 25.4. The molecule has 0 saturated carbocycles. The minimum Gasteiger partial charge on any atom is -0.497 e. The quantitative estimate of drug-likeness (QED) is 0.215. The molecule has 4 aromatic carbocycles. The van der Waals surface area contributed by atoms with Crippen molar-refractivity contribution in [2.24, 2.45) is 0 Å². The van der Waals surface area contributed by atoms with Crippen molar-refractivity contribution in [3.63, 3.8) is 0 Å². The molecule has 200 valence electrons. The number of nitrogens with zero attached hydrogens (tertiary/aromatic N) is 3. The summed E-state index contributed by atoms with van der Waals surface area (Å²) in [6, 6.07) is 26.8. The molecule has 0 fully saturated rings. The van der Waals surface area contributed by atoms with Crippen molar-refractivity contribution < 1.29 is 24.1 Å². The van der Waals surface area contributed by atoms with Gasteiger partial charge in [0.15, 0.2) is 0 Å². The maximum absolute atomic E-state index is 12.9. The molecular formula is C31H25N3O5S. The van der Waals surface area contributed by atoms with E-state index >= 15 is 0 Å². The zero-order valence-corrected chi connectivity index (χ0v) is 22.6. The Morgan fingerprint density at radius 3 is 2.42 bits per heavy atom. The van der Waals surface area contributed by atoms with E-state index in [0.717, 1.165) is 44.8 Å². The normalized spacial score (nSPS) is 11.2. The Balaban J connectivity index is 1.54. The van der Waals surface area contributed by atoms with Crippen molar-refractivity contribution in [1.82, 2.24) is 13.3 Å². The molecule has 9 heteroatoms. The van der Waals surface area contributed by atoms with Crippen molar-refractivity contribution in [1.29, 1.82) is 0 Å². The lowest BCUT2D eigenvalue weighted by molar-refractivity contribution is 0.0687. The molecule has 0 atom stereocenters. The average Bonchev–Trinajstić information content (AvgIpc) is 3.58. The molecule has 1 N–H and O–H groups in total. The molecule has 0 saturated heterocycles. The second kappa shape index (κ2) is 10.7. The number of fused-ring (bicyclic) bond motifs is 2. The van der Waals surface area contributed by atoms with Gasteiger partial charge in [-0.3, -0.25) is 0 Å². The lowest BCUT2D eigenvalue weighted by Gasteiger charge is -2.12. The van der Waals surface area contributed by atoms with Crippen LogP contribution in [0.2, 0.25) is 0 Å². The van der Waals surface area contributed by atoms with Gasteiger partial charge in [-0.15, -0.1) is 0 Å². The molecule has 0 radical (unpaired) electrons. The van der Waals surface area contributed by atoms with E-state index in [1.807, 2.05) is 77.4 Å². The zero-order valence-electron chi connectivity index (χ0n) is 21.8. The maximum atomic E-state index is 12.9. The van der Waals surface area contributed by atoms with Crippen molar-refractivity contribution in [3.05, 3.63) is 102 Å². The van der Waals surface area contributed by atoms with Crippen LogP contribution in [-0.2, 0) is 13.2 Å². The predicted molar refractivity (Wildman–Crippen MR) is 155 cm³/mol. The van der Waals surface area contributed by atoms with Crippen LogP contribution in [0.4, 0.5) is 0 Å². The Hall–Kier alpha value is -4.89. The summed E-state index contributed by atoms with van der Waals surface area (Å²) in [7, 11) is 3.14. The summed E-state index contributed by atoms with van der Waals surface area (Å²) in [6.07, 6.45) is 0. The highest BCUT2D eigenvalue weighted by Crippen LogP contribution is 2.42. The molecule has 0 aliphatic rings. The van der Waals surface area contributed by atoms with Crippen LogP contribution in [0.25, 0.3) is 33.1 Å². The van der Waals surface area contributed by atoms with E-state index in [0.29, 0.717) is 41.5 Å². The van der Waals surface area contributed by atoms with E-state index < -0.39 is 5.97 Å². The smallest absolute Gasteiger partial charge is 0.353 e. The number of carbonyl (C=O) groups is 1. The van der Waals surface area contributed by atoms with Gasteiger partial charge in [0, 0.05) is 35.2 Å². The molecule has 6 rings (SSSR count). The Morgan fingerprint density at radius 1 is 0.850 bits per heavy atom. The molecule has 2 aromatic heterocycles. The number of rotatable bonds is 9. The molecule has 0 aliphatic heterocycles. The molecule has 6 aromatic rings. The van der Waals surface area contributed by atoms with Crippen molar-refractivity contribution in [3.8, 4) is 28.4 Å². The molecule has 40 heavy (non-hydrogen) atoms. The van der Waals surface area contributed by atoms with Crippen molar-refractivity contribution >= 4 is 39.6 Å². The molecular weight excluding hydrogens is 526 g/mol. The minimum absolute atomic E-state index is 0.148. The third kappa shape index (κ3) is 4.71. The van der Waals surface area contributed by atoms with E-state index in [9.17, 15) is 9.90 Å². The first-order valence-electron chi connectivity index (χ1n) is 12.6. The summed E-state index contributed by atoms with van der Waals surface area (Å²) in [6.45, 7) is 0.706. The van der Waals surface area contributed by atoms with Crippen LogP contribution < -0.4 is 14.2 Å². The Bertz CT molecular complexity index is 1850. The van der Waals surface area contributed by atoms with E-state index in [1.54, 1.807) is 26.4 Å². The Labute approximate surface area is 234 Å². The number of carboxylic acid groups (broad SMARTS) is 1. The molecule has 2 heterocycles. The number of aromatic nitrogens is 3. The third-order valence-electron chi connectivity index (χ3n) is 6.82. The number of ether oxygens (including phenoxy) is 3. The van der Waals surface area contributed by atoms with Gasteiger partial charge in [-0.25, -0.2) is 4.79 Å². The fraction of sp³-hybridized carbons (Fsp3) is 0.129. The van der Waals surface area contributed by atoms with Gasteiger partial charge < -0.3 is 23.9 Å². The lowest BCUT2D eigenvalue weighted by Crippen LogP contribution is -2.11. The number of aromatic carboxylic acids is 1. The Kier molecular flexibility index (Phi) is 6.79. The van der Waals surface area contributed by atoms with Gasteiger partial charge in [-0.1, -0.05) is 36.4 Å². The minimum atomic E-state index is -1.05. The first-order chi connectivity index (χ1) is 19.6. The van der Waals surface area contributed by atoms with Gasteiger partial charge in [0.1, 0.15) is 40.6 Å². The third-order valence-corrected chi connectivity index (χ3v) is 7.38. The number of benzene rings is 4. The van der Waals surface area contributed by atoms with Crippen LogP contribution >= 0.6 is 11.7 Å².